The lowest BCUT2D eigenvalue weighted by Crippen LogP contribution is -2.44. The molecular weight excluding hydrogens is 544 g/mol. The number of hydrogen-bond acceptors (Lipinski definition) is 4. The molecule has 3 aliphatic heterocycles. The molecule has 10 heteroatoms. The molecule has 0 aliphatic carbocycles. The molecule has 0 saturated carbocycles. The van der Waals surface area contributed by atoms with Crippen molar-refractivity contribution in [2.75, 3.05) is 11.4 Å². The highest BCUT2D eigenvalue weighted by Crippen LogP contribution is 2.45. The Hall–Kier alpha value is -4.63. The van der Waals surface area contributed by atoms with Crippen molar-refractivity contribution in [2.24, 2.45) is 0 Å². The first-order chi connectivity index (χ1) is 19.8. The molecule has 2 saturated heterocycles. The number of carbonyl (C=O) groups is 4. The van der Waals surface area contributed by atoms with Gasteiger partial charge in [-0.15, -0.1) is 0 Å². The van der Waals surface area contributed by atoms with Crippen LogP contribution in [0.2, 0.25) is 5.02 Å². The number of aromatic amines is 1. The zero-order valence-corrected chi connectivity index (χ0v) is 22.5. The number of halogens is 1. The summed E-state index contributed by atoms with van der Waals surface area (Å²) in [6.07, 6.45) is 1.23. The van der Waals surface area contributed by atoms with Crippen LogP contribution < -0.4 is 4.90 Å². The summed E-state index contributed by atoms with van der Waals surface area (Å²) in [5, 5.41) is 11.1. The Bertz CT molecular complexity index is 1770. The minimum atomic E-state index is -1.07. The van der Waals surface area contributed by atoms with Crippen LogP contribution in [-0.4, -0.2) is 62.3 Å². The van der Waals surface area contributed by atoms with E-state index in [9.17, 15) is 24.3 Å². The first kappa shape index (κ1) is 25.3. The van der Waals surface area contributed by atoms with Crippen LogP contribution in [0.15, 0.2) is 72.8 Å². The predicted molar refractivity (Wildman–Crippen MR) is 152 cm³/mol. The number of nitrogens with one attached hydrogen (secondary N) is 1. The van der Waals surface area contributed by atoms with Gasteiger partial charge in [0, 0.05) is 34.6 Å². The van der Waals surface area contributed by atoms with Gasteiger partial charge in [0.1, 0.15) is 18.1 Å². The van der Waals surface area contributed by atoms with E-state index in [1.807, 2.05) is 36.4 Å². The van der Waals surface area contributed by atoms with Gasteiger partial charge in [0.15, 0.2) is 0 Å². The second-order valence-electron chi connectivity index (χ2n) is 10.6. The van der Waals surface area contributed by atoms with Crippen molar-refractivity contribution in [3.63, 3.8) is 0 Å². The monoisotopic (exact) mass is 568 g/mol. The van der Waals surface area contributed by atoms with Crippen LogP contribution in [0.3, 0.4) is 0 Å². The SMILES string of the molecule is O=C(O)[C@@H]1CCCN1C(=O)c1ccccc1N1C(=O)[C@@H]2Cc3c([nH]c4ccccc34)[C@H](c3cccc(Cl)c3)N2C1=O. The van der Waals surface area contributed by atoms with Crippen LogP contribution in [0.4, 0.5) is 10.5 Å². The van der Waals surface area contributed by atoms with E-state index in [2.05, 4.69) is 4.98 Å². The second kappa shape index (κ2) is 9.49. The van der Waals surface area contributed by atoms with Crippen LogP contribution in [-0.2, 0) is 16.0 Å². The van der Waals surface area contributed by atoms with Crippen molar-refractivity contribution in [1.29, 1.82) is 0 Å². The maximum atomic E-state index is 14.3. The molecule has 41 heavy (non-hydrogen) atoms. The number of hydrogen-bond donors (Lipinski definition) is 2. The molecule has 2 fully saturated rings. The third kappa shape index (κ3) is 3.83. The number of rotatable bonds is 4. The van der Waals surface area contributed by atoms with Gasteiger partial charge in [0.05, 0.1) is 11.3 Å². The van der Waals surface area contributed by atoms with Crippen molar-refractivity contribution in [2.45, 2.75) is 37.4 Å². The third-order valence-corrected chi connectivity index (χ3v) is 8.62. The van der Waals surface area contributed by atoms with E-state index in [-0.39, 0.29) is 11.3 Å². The molecule has 206 valence electrons. The molecule has 3 aromatic carbocycles. The number of anilines is 1. The quantitative estimate of drug-likeness (QED) is 0.337. The number of amides is 4. The molecular formula is C31H25ClN4O5. The number of aliphatic carboxylic acids is 1. The summed E-state index contributed by atoms with van der Waals surface area (Å²) < 4.78 is 0. The third-order valence-electron chi connectivity index (χ3n) is 8.39. The van der Waals surface area contributed by atoms with E-state index in [1.54, 1.807) is 35.2 Å². The zero-order chi connectivity index (χ0) is 28.4. The molecule has 0 unspecified atom stereocenters. The fraction of sp³-hybridized carbons (Fsp3) is 0.226. The normalized spacial score (nSPS) is 21.9. The number of likely N-dealkylation sites (tertiary alicyclic amines) is 1. The number of carboxylic acid groups (broad SMARTS) is 1. The summed E-state index contributed by atoms with van der Waals surface area (Å²) in [7, 11) is 0. The van der Waals surface area contributed by atoms with E-state index in [0.717, 1.165) is 32.6 Å². The van der Waals surface area contributed by atoms with Gasteiger partial charge in [0.2, 0.25) is 0 Å². The minimum Gasteiger partial charge on any atom is -0.480 e. The first-order valence-corrected chi connectivity index (χ1v) is 13.9. The molecule has 1 aromatic heterocycles. The van der Waals surface area contributed by atoms with Crippen LogP contribution in [0.5, 0.6) is 0 Å². The summed E-state index contributed by atoms with van der Waals surface area (Å²) in [5.74, 6) is -2.02. The smallest absolute Gasteiger partial charge is 0.332 e. The van der Waals surface area contributed by atoms with Crippen LogP contribution in [0.1, 0.15) is 46.1 Å². The molecule has 0 radical (unpaired) electrons. The van der Waals surface area contributed by atoms with Crippen molar-refractivity contribution < 1.29 is 24.3 Å². The standard InChI is InChI=1S/C31H25ClN4O5/c32-18-8-5-7-17(15-18)27-26-21(19-9-1-3-11-22(19)33-26)16-25-29(38)36(31(41)35(25)27)23-12-4-2-10-20(23)28(37)34-14-6-13-24(34)30(39)40/h1-5,7-12,15,24-25,27,33H,6,13-14,16H2,(H,39,40)/t24-,25-,27-/m0/s1. The summed E-state index contributed by atoms with van der Waals surface area (Å²) in [4.78, 5) is 61.3. The Balaban J connectivity index is 1.34. The van der Waals surface area contributed by atoms with Gasteiger partial charge in [-0.2, -0.15) is 0 Å². The van der Waals surface area contributed by atoms with E-state index in [1.165, 1.54) is 11.0 Å². The number of nitrogens with zero attached hydrogens (tertiary/aromatic N) is 3. The molecule has 7 rings (SSSR count). The number of aromatic nitrogens is 1. The van der Waals surface area contributed by atoms with Crippen LogP contribution >= 0.6 is 11.6 Å². The zero-order valence-electron chi connectivity index (χ0n) is 21.8. The molecule has 9 nitrogen and oxygen atoms in total. The maximum absolute atomic E-state index is 14.3. The predicted octanol–water partition coefficient (Wildman–Crippen LogP) is 4.99. The highest BCUT2D eigenvalue weighted by atomic mass is 35.5. The van der Waals surface area contributed by atoms with Crippen LogP contribution in [0.25, 0.3) is 10.9 Å². The maximum Gasteiger partial charge on any atom is 0.332 e. The summed E-state index contributed by atoms with van der Waals surface area (Å²) in [5.41, 5.74) is 3.71. The number of urea groups is 1. The second-order valence-corrected chi connectivity index (χ2v) is 11.1. The van der Waals surface area contributed by atoms with Gasteiger partial charge in [-0.25, -0.2) is 14.5 Å². The van der Waals surface area contributed by atoms with E-state index in [0.29, 0.717) is 30.8 Å². The largest absolute Gasteiger partial charge is 0.480 e. The molecule has 0 bridgehead atoms. The summed E-state index contributed by atoms with van der Waals surface area (Å²) in [6.45, 7) is 0.291. The van der Waals surface area contributed by atoms with Gasteiger partial charge in [-0.3, -0.25) is 14.5 Å². The Kier molecular flexibility index (Phi) is 5.86. The molecule has 4 heterocycles. The lowest BCUT2D eigenvalue weighted by molar-refractivity contribution is -0.141. The van der Waals surface area contributed by atoms with E-state index < -0.39 is 41.9 Å². The van der Waals surface area contributed by atoms with Gasteiger partial charge in [-0.1, -0.05) is 54.1 Å². The topological polar surface area (TPSA) is 114 Å². The summed E-state index contributed by atoms with van der Waals surface area (Å²) in [6, 6.07) is 18.6. The average molecular weight is 569 g/mol. The Morgan fingerprint density at radius 2 is 1.76 bits per heavy atom. The lowest BCUT2D eigenvalue weighted by atomic mass is 9.89. The average Bonchev–Trinajstić information content (AvgIpc) is 3.67. The van der Waals surface area contributed by atoms with Crippen molar-refractivity contribution in [3.05, 3.63) is 100 Å². The number of fused-ring (bicyclic) bond motifs is 4. The van der Waals surface area contributed by atoms with Gasteiger partial charge >= 0.3 is 12.0 Å². The molecule has 0 spiro atoms. The van der Waals surface area contributed by atoms with E-state index >= 15 is 0 Å². The number of para-hydroxylation sites is 2. The van der Waals surface area contributed by atoms with Crippen molar-refractivity contribution >= 4 is 52.0 Å². The van der Waals surface area contributed by atoms with Crippen LogP contribution in [0, 0.1) is 0 Å². The Morgan fingerprint density at radius 1 is 0.976 bits per heavy atom. The number of carboxylic acids is 1. The fourth-order valence-corrected chi connectivity index (χ4v) is 6.79. The number of imide groups is 1. The minimum absolute atomic E-state index is 0.116. The Labute approximate surface area is 239 Å². The molecule has 4 amide bonds. The molecule has 3 aliphatic rings. The Morgan fingerprint density at radius 3 is 2.56 bits per heavy atom. The molecule has 3 atom stereocenters. The van der Waals surface area contributed by atoms with Gasteiger partial charge < -0.3 is 15.0 Å². The van der Waals surface area contributed by atoms with Crippen molar-refractivity contribution in [3.8, 4) is 0 Å². The number of carbonyl (C=O) groups excluding carboxylic acids is 3. The highest BCUT2D eigenvalue weighted by Gasteiger charge is 2.54. The fourth-order valence-electron chi connectivity index (χ4n) is 6.59. The highest BCUT2D eigenvalue weighted by molar-refractivity contribution is 6.30. The molecule has 2 N–H and O–H groups in total. The summed E-state index contributed by atoms with van der Waals surface area (Å²) >= 11 is 6.38. The number of H-pyrrole nitrogens is 1. The van der Waals surface area contributed by atoms with Gasteiger partial charge in [0.25, 0.3) is 11.8 Å². The van der Waals surface area contributed by atoms with Gasteiger partial charge in [-0.05, 0) is 54.3 Å². The van der Waals surface area contributed by atoms with Crippen molar-refractivity contribution in [1.82, 2.24) is 14.8 Å². The molecule has 4 aromatic rings. The van der Waals surface area contributed by atoms with E-state index in [4.69, 9.17) is 11.6 Å². The first-order valence-electron chi connectivity index (χ1n) is 13.5. The lowest BCUT2D eigenvalue weighted by Gasteiger charge is -2.36. The number of benzene rings is 3.